The highest BCUT2D eigenvalue weighted by molar-refractivity contribution is 7.97. The Kier molecular flexibility index (Phi) is 4.35. The molecule has 0 atom stereocenters. The van der Waals surface area contributed by atoms with E-state index in [-0.39, 0.29) is 12.5 Å². The van der Waals surface area contributed by atoms with Crippen LogP contribution in [0.15, 0.2) is 39.8 Å². The zero-order valence-corrected chi connectivity index (χ0v) is 16.0. The molecule has 0 bridgehead atoms. The number of hydrogen-bond acceptors (Lipinski definition) is 6. The molecule has 0 saturated heterocycles. The number of fused-ring (bicyclic) bond motifs is 1. The van der Waals surface area contributed by atoms with E-state index in [9.17, 15) is 9.90 Å². The number of benzene rings is 1. The summed E-state index contributed by atoms with van der Waals surface area (Å²) in [5.74, 6) is 0.0410. The third-order valence-electron chi connectivity index (χ3n) is 4.80. The maximum absolute atomic E-state index is 12.5. The number of rotatable bonds is 4. The van der Waals surface area contributed by atoms with Crippen molar-refractivity contribution in [2.24, 2.45) is 5.41 Å². The summed E-state index contributed by atoms with van der Waals surface area (Å²) in [6, 6.07) is 6.39. The molecule has 132 valence electrons. The van der Waals surface area contributed by atoms with Crippen molar-refractivity contribution in [3.63, 3.8) is 0 Å². The normalized spacial score (nSPS) is 18.4. The minimum atomic E-state index is -0.696. The average Bonchev–Trinajstić information content (AvgIpc) is 3.27. The lowest BCUT2D eigenvalue weighted by Gasteiger charge is -2.29. The largest absolute Gasteiger partial charge is 0.395 e. The Morgan fingerprint density at radius 1 is 1.28 bits per heavy atom. The van der Waals surface area contributed by atoms with Gasteiger partial charge < -0.3 is 10.0 Å². The molecule has 1 aromatic carbocycles. The molecule has 0 aliphatic carbocycles. The Hall–Kier alpha value is -1.41. The van der Waals surface area contributed by atoms with Crippen molar-refractivity contribution in [2.75, 3.05) is 32.8 Å². The molecular weight excluding hydrogens is 354 g/mol. The molecule has 1 amide bonds. The van der Waals surface area contributed by atoms with Crippen LogP contribution in [-0.2, 0) is 4.79 Å². The summed E-state index contributed by atoms with van der Waals surface area (Å²) in [5, 5.41) is 9.42. The molecule has 0 fully saturated rings. The molecule has 2 aromatic rings. The fourth-order valence-corrected chi connectivity index (χ4v) is 5.12. The highest BCUT2D eigenvalue weighted by Crippen LogP contribution is 2.35. The van der Waals surface area contributed by atoms with E-state index in [2.05, 4.69) is 27.5 Å². The Morgan fingerprint density at radius 3 is 2.68 bits per heavy atom. The molecule has 5 nitrogen and oxygen atoms in total. The molecule has 1 N–H and O–H groups in total. The predicted molar refractivity (Wildman–Crippen MR) is 102 cm³/mol. The van der Waals surface area contributed by atoms with Crippen LogP contribution in [0.2, 0.25) is 0 Å². The SMILES string of the molecule is CC(C)(CO)C(=O)N1CC2=C(CN(Sc3ccc4ncsc4c3)C2)C1. The van der Waals surface area contributed by atoms with Crippen molar-refractivity contribution in [1.82, 2.24) is 14.2 Å². The van der Waals surface area contributed by atoms with Gasteiger partial charge in [-0.3, -0.25) is 4.79 Å². The van der Waals surface area contributed by atoms with Crippen LogP contribution in [0, 0.1) is 5.41 Å². The van der Waals surface area contributed by atoms with Crippen molar-refractivity contribution in [2.45, 2.75) is 18.7 Å². The number of amides is 1. The lowest BCUT2D eigenvalue weighted by atomic mass is 9.93. The predicted octanol–water partition coefficient (Wildman–Crippen LogP) is 2.78. The zero-order valence-electron chi connectivity index (χ0n) is 14.4. The number of hydrogen-bond donors (Lipinski definition) is 1. The average molecular weight is 376 g/mol. The fourth-order valence-electron chi connectivity index (χ4n) is 3.29. The first-order valence-electron chi connectivity index (χ1n) is 8.32. The lowest BCUT2D eigenvalue weighted by molar-refractivity contribution is -0.141. The van der Waals surface area contributed by atoms with Crippen molar-refractivity contribution >= 4 is 39.4 Å². The van der Waals surface area contributed by atoms with Crippen LogP contribution >= 0.6 is 23.3 Å². The van der Waals surface area contributed by atoms with Gasteiger partial charge in [0.25, 0.3) is 0 Å². The highest BCUT2D eigenvalue weighted by Gasteiger charge is 2.38. The van der Waals surface area contributed by atoms with Crippen LogP contribution in [0.5, 0.6) is 0 Å². The van der Waals surface area contributed by atoms with Crippen LogP contribution in [0.1, 0.15) is 13.8 Å². The van der Waals surface area contributed by atoms with Crippen molar-refractivity contribution < 1.29 is 9.90 Å². The van der Waals surface area contributed by atoms with Crippen LogP contribution in [0.3, 0.4) is 0 Å². The van der Waals surface area contributed by atoms with Crippen molar-refractivity contribution in [1.29, 1.82) is 0 Å². The first-order chi connectivity index (χ1) is 12.0. The number of aliphatic hydroxyl groups is 1. The van der Waals surface area contributed by atoms with Crippen LogP contribution in [-0.4, -0.2) is 58.0 Å². The van der Waals surface area contributed by atoms with Crippen molar-refractivity contribution in [3.8, 4) is 0 Å². The lowest BCUT2D eigenvalue weighted by Crippen LogP contribution is -2.43. The molecule has 3 heterocycles. The van der Waals surface area contributed by atoms with Gasteiger partial charge in [-0.25, -0.2) is 9.29 Å². The molecule has 0 saturated carbocycles. The molecule has 2 aliphatic heterocycles. The van der Waals surface area contributed by atoms with Crippen LogP contribution in [0.25, 0.3) is 10.2 Å². The van der Waals surface area contributed by atoms with E-state index < -0.39 is 5.41 Å². The smallest absolute Gasteiger partial charge is 0.231 e. The van der Waals surface area contributed by atoms with Gasteiger partial charge in [-0.1, -0.05) is 0 Å². The quantitative estimate of drug-likeness (QED) is 0.658. The minimum Gasteiger partial charge on any atom is -0.395 e. The van der Waals surface area contributed by atoms with E-state index in [1.54, 1.807) is 37.1 Å². The summed E-state index contributed by atoms with van der Waals surface area (Å²) < 4.78 is 3.57. The summed E-state index contributed by atoms with van der Waals surface area (Å²) in [6.07, 6.45) is 0. The van der Waals surface area contributed by atoms with E-state index in [0.717, 1.165) is 18.6 Å². The molecule has 2 aliphatic rings. The van der Waals surface area contributed by atoms with Crippen LogP contribution in [0.4, 0.5) is 0 Å². The maximum atomic E-state index is 12.5. The van der Waals surface area contributed by atoms with Gasteiger partial charge in [-0.05, 0) is 55.1 Å². The highest BCUT2D eigenvalue weighted by atomic mass is 32.2. The fraction of sp³-hybridized carbons (Fsp3) is 0.444. The van der Waals surface area contributed by atoms with E-state index >= 15 is 0 Å². The third kappa shape index (κ3) is 3.21. The molecule has 7 heteroatoms. The summed E-state index contributed by atoms with van der Waals surface area (Å²) in [6.45, 7) is 6.67. The number of aliphatic hydroxyl groups excluding tert-OH is 1. The molecule has 0 spiro atoms. The Bertz CT molecular complexity index is 841. The van der Waals surface area contributed by atoms with Gasteiger partial charge in [0.2, 0.25) is 5.91 Å². The monoisotopic (exact) mass is 375 g/mol. The van der Waals surface area contributed by atoms with Gasteiger partial charge in [-0.2, -0.15) is 0 Å². The van der Waals surface area contributed by atoms with Crippen molar-refractivity contribution in [3.05, 3.63) is 34.9 Å². The standard InChI is InChI=1S/C18H21N3O2S2/c1-18(2,10-22)17(23)20-6-12-8-21(9-13(12)7-20)25-14-3-4-15-16(5-14)24-11-19-15/h3-5,11,22H,6-10H2,1-2H3. The summed E-state index contributed by atoms with van der Waals surface area (Å²) >= 11 is 3.44. The molecule has 25 heavy (non-hydrogen) atoms. The van der Waals surface area contributed by atoms with E-state index in [0.29, 0.717) is 13.1 Å². The maximum Gasteiger partial charge on any atom is 0.231 e. The molecule has 1 aromatic heterocycles. The number of thiazole rings is 1. The number of carbonyl (C=O) groups is 1. The summed E-state index contributed by atoms with van der Waals surface area (Å²) in [5.41, 5.74) is 4.95. The van der Waals surface area contributed by atoms with Gasteiger partial charge >= 0.3 is 0 Å². The molecular formula is C18H21N3O2S2. The summed E-state index contributed by atoms with van der Waals surface area (Å²) in [7, 11) is 0. The Labute approximate surface area is 155 Å². The van der Waals surface area contributed by atoms with Gasteiger partial charge in [0.1, 0.15) is 0 Å². The summed E-state index contributed by atoms with van der Waals surface area (Å²) in [4.78, 5) is 19.9. The Balaban J connectivity index is 1.37. The van der Waals surface area contributed by atoms with E-state index in [4.69, 9.17) is 0 Å². The minimum absolute atomic E-state index is 0.0410. The number of carbonyl (C=O) groups excluding carboxylic acids is 1. The molecule has 0 radical (unpaired) electrons. The van der Waals surface area contributed by atoms with E-state index in [1.807, 2.05) is 10.4 Å². The van der Waals surface area contributed by atoms with Gasteiger partial charge in [0, 0.05) is 31.1 Å². The number of aromatic nitrogens is 1. The molecule has 4 rings (SSSR count). The second kappa shape index (κ2) is 6.39. The van der Waals surface area contributed by atoms with E-state index in [1.165, 1.54) is 20.7 Å². The molecule has 0 unspecified atom stereocenters. The zero-order chi connectivity index (χ0) is 17.6. The topological polar surface area (TPSA) is 56.7 Å². The first-order valence-corrected chi connectivity index (χ1v) is 9.98. The third-order valence-corrected chi connectivity index (χ3v) is 6.57. The van der Waals surface area contributed by atoms with Crippen LogP contribution < -0.4 is 0 Å². The van der Waals surface area contributed by atoms with Gasteiger partial charge in [0.05, 0.1) is 27.7 Å². The van der Waals surface area contributed by atoms with Gasteiger partial charge in [-0.15, -0.1) is 11.3 Å². The second-order valence-electron chi connectivity index (χ2n) is 7.28. The van der Waals surface area contributed by atoms with Gasteiger partial charge in [0.15, 0.2) is 0 Å². The number of nitrogens with zero attached hydrogens (tertiary/aromatic N) is 3. The second-order valence-corrected chi connectivity index (χ2v) is 9.34. The Morgan fingerprint density at radius 2 is 2.00 bits per heavy atom. The first kappa shape index (κ1) is 17.0.